The number of halogens is 1. The van der Waals surface area contributed by atoms with E-state index in [4.69, 9.17) is 27.2 Å². The maximum absolute atomic E-state index is 8.92. The van der Waals surface area contributed by atoms with Crippen molar-refractivity contribution in [3.05, 3.63) is 64.7 Å². The minimum Gasteiger partial charge on any atom is -0.489 e. The van der Waals surface area contributed by atoms with Gasteiger partial charge in [0.25, 0.3) is 0 Å². The number of rotatable bonds is 6. The number of hydrogen-bond donors (Lipinski definition) is 2. The van der Waals surface area contributed by atoms with Crippen LogP contribution in [0.15, 0.2) is 48.5 Å². The van der Waals surface area contributed by atoms with Gasteiger partial charge in [0.2, 0.25) is 0 Å². The average Bonchev–Trinajstić information content (AvgIpc) is 2.46. The molecule has 2 aromatic carbocycles. The van der Waals surface area contributed by atoms with E-state index < -0.39 is 0 Å². The van der Waals surface area contributed by atoms with Crippen molar-refractivity contribution in [2.24, 2.45) is 5.73 Å². The topological polar surface area (TPSA) is 55.5 Å². The van der Waals surface area contributed by atoms with E-state index in [1.54, 1.807) is 0 Å². The molecule has 0 aliphatic carbocycles. The van der Waals surface area contributed by atoms with Gasteiger partial charge in [-0.2, -0.15) is 0 Å². The lowest BCUT2D eigenvalue weighted by molar-refractivity contribution is 0.265. The van der Waals surface area contributed by atoms with Gasteiger partial charge in [-0.05, 0) is 41.8 Å². The fraction of sp³-hybridized carbons (Fsp3) is 0.250. The van der Waals surface area contributed by atoms with Gasteiger partial charge in [-0.1, -0.05) is 35.9 Å². The number of benzene rings is 2. The average molecular weight is 292 g/mol. The first-order chi connectivity index (χ1) is 9.67. The van der Waals surface area contributed by atoms with Gasteiger partial charge in [0, 0.05) is 11.1 Å². The van der Waals surface area contributed by atoms with Gasteiger partial charge in [-0.25, -0.2) is 0 Å². The SMILES string of the molecule is NC(CO)Cc1ccc(OCc2cccc(Cl)c2)cc1. The molecule has 0 aliphatic rings. The third-order valence-corrected chi connectivity index (χ3v) is 3.19. The van der Waals surface area contributed by atoms with Crippen LogP contribution in [0.4, 0.5) is 0 Å². The molecule has 20 heavy (non-hydrogen) atoms. The molecule has 0 heterocycles. The molecule has 1 atom stereocenters. The molecule has 0 radical (unpaired) electrons. The van der Waals surface area contributed by atoms with Crippen LogP contribution < -0.4 is 10.5 Å². The summed E-state index contributed by atoms with van der Waals surface area (Å²) in [7, 11) is 0. The Morgan fingerprint density at radius 3 is 2.50 bits per heavy atom. The second-order valence-corrected chi connectivity index (χ2v) is 5.15. The van der Waals surface area contributed by atoms with Crippen LogP contribution in [0.3, 0.4) is 0 Å². The van der Waals surface area contributed by atoms with Crippen molar-refractivity contribution >= 4 is 11.6 Å². The predicted octanol–water partition coefficient (Wildman–Crippen LogP) is 2.78. The van der Waals surface area contributed by atoms with Crippen LogP contribution in [-0.4, -0.2) is 17.8 Å². The Labute approximate surface area is 123 Å². The lowest BCUT2D eigenvalue weighted by Gasteiger charge is -2.10. The number of aliphatic hydroxyl groups excluding tert-OH is 1. The van der Waals surface area contributed by atoms with Crippen LogP contribution in [0.25, 0.3) is 0 Å². The molecule has 0 aliphatic heterocycles. The van der Waals surface area contributed by atoms with E-state index in [9.17, 15) is 0 Å². The fourth-order valence-corrected chi connectivity index (χ4v) is 2.10. The monoisotopic (exact) mass is 291 g/mol. The van der Waals surface area contributed by atoms with Gasteiger partial charge in [-0.3, -0.25) is 0 Å². The first-order valence-electron chi connectivity index (χ1n) is 6.50. The van der Waals surface area contributed by atoms with Gasteiger partial charge >= 0.3 is 0 Å². The van der Waals surface area contributed by atoms with Gasteiger partial charge in [0.1, 0.15) is 12.4 Å². The van der Waals surface area contributed by atoms with Gasteiger partial charge in [0.05, 0.1) is 6.61 Å². The highest BCUT2D eigenvalue weighted by molar-refractivity contribution is 6.30. The lowest BCUT2D eigenvalue weighted by Crippen LogP contribution is -2.26. The van der Waals surface area contributed by atoms with Crippen molar-refractivity contribution in [2.45, 2.75) is 19.1 Å². The molecular weight excluding hydrogens is 274 g/mol. The van der Waals surface area contributed by atoms with E-state index in [1.165, 1.54) is 0 Å². The Bertz CT molecular complexity index is 542. The van der Waals surface area contributed by atoms with Crippen molar-refractivity contribution in [1.82, 2.24) is 0 Å². The summed E-state index contributed by atoms with van der Waals surface area (Å²) in [5, 5.41) is 9.63. The Morgan fingerprint density at radius 1 is 1.10 bits per heavy atom. The first-order valence-corrected chi connectivity index (χ1v) is 6.88. The van der Waals surface area contributed by atoms with E-state index in [0.29, 0.717) is 18.1 Å². The zero-order valence-electron chi connectivity index (χ0n) is 11.1. The molecule has 0 bridgehead atoms. The van der Waals surface area contributed by atoms with Crippen molar-refractivity contribution in [3.63, 3.8) is 0 Å². The van der Waals surface area contributed by atoms with Crippen molar-refractivity contribution in [3.8, 4) is 5.75 Å². The Balaban J connectivity index is 1.90. The molecule has 106 valence electrons. The molecule has 0 aromatic heterocycles. The van der Waals surface area contributed by atoms with Crippen LogP contribution in [0.1, 0.15) is 11.1 Å². The summed E-state index contributed by atoms with van der Waals surface area (Å²) >= 11 is 5.92. The van der Waals surface area contributed by atoms with Gasteiger partial charge < -0.3 is 15.6 Å². The second-order valence-electron chi connectivity index (χ2n) is 4.71. The van der Waals surface area contributed by atoms with Gasteiger partial charge in [-0.15, -0.1) is 0 Å². The van der Waals surface area contributed by atoms with E-state index in [0.717, 1.165) is 16.9 Å². The third kappa shape index (κ3) is 4.53. The first kappa shape index (κ1) is 14.9. The van der Waals surface area contributed by atoms with Crippen molar-refractivity contribution < 1.29 is 9.84 Å². The highest BCUT2D eigenvalue weighted by atomic mass is 35.5. The zero-order valence-corrected chi connectivity index (χ0v) is 11.9. The highest BCUT2D eigenvalue weighted by Gasteiger charge is 2.03. The molecule has 0 saturated carbocycles. The van der Waals surface area contributed by atoms with E-state index in [2.05, 4.69) is 0 Å². The van der Waals surface area contributed by atoms with Gasteiger partial charge in [0.15, 0.2) is 0 Å². The fourth-order valence-electron chi connectivity index (χ4n) is 1.88. The molecule has 2 rings (SSSR count). The second kappa shape index (κ2) is 7.29. The Morgan fingerprint density at radius 2 is 1.85 bits per heavy atom. The molecule has 0 fully saturated rings. The van der Waals surface area contributed by atoms with Crippen LogP contribution in [0.5, 0.6) is 5.75 Å². The van der Waals surface area contributed by atoms with Crippen LogP contribution in [-0.2, 0) is 13.0 Å². The highest BCUT2D eigenvalue weighted by Crippen LogP contribution is 2.16. The maximum atomic E-state index is 8.92. The Hall–Kier alpha value is -1.55. The minimum atomic E-state index is -0.215. The molecule has 4 heteroatoms. The quantitative estimate of drug-likeness (QED) is 0.860. The molecule has 3 nitrogen and oxygen atoms in total. The standard InChI is InChI=1S/C16H18ClNO2/c17-14-3-1-2-13(8-14)11-20-16-6-4-12(5-7-16)9-15(18)10-19/h1-8,15,19H,9-11,18H2. The number of nitrogens with two attached hydrogens (primary N) is 1. The minimum absolute atomic E-state index is 0.00693. The smallest absolute Gasteiger partial charge is 0.119 e. The largest absolute Gasteiger partial charge is 0.489 e. The third-order valence-electron chi connectivity index (χ3n) is 2.95. The molecule has 1 unspecified atom stereocenters. The Kier molecular flexibility index (Phi) is 5.41. The zero-order chi connectivity index (χ0) is 14.4. The molecule has 2 aromatic rings. The summed E-state index contributed by atoms with van der Waals surface area (Å²) in [6, 6.07) is 15.1. The number of hydrogen-bond acceptors (Lipinski definition) is 3. The lowest BCUT2D eigenvalue weighted by atomic mass is 10.1. The number of aliphatic hydroxyl groups is 1. The molecule has 0 spiro atoms. The molecule has 0 saturated heterocycles. The summed E-state index contributed by atoms with van der Waals surface area (Å²) in [6.45, 7) is 0.475. The normalized spacial score (nSPS) is 12.2. The van der Waals surface area contributed by atoms with Crippen molar-refractivity contribution in [2.75, 3.05) is 6.61 Å². The van der Waals surface area contributed by atoms with E-state index >= 15 is 0 Å². The van der Waals surface area contributed by atoms with E-state index in [-0.39, 0.29) is 12.6 Å². The summed E-state index contributed by atoms with van der Waals surface area (Å²) < 4.78 is 5.69. The summed E-state index contributed by atoms with van der Waals surface area (Å²) in [5.74, 6) is 0.797. The van der Waals surface area contributed by atoms with Crippen LogP contribution in [0.2, 0.25) is 5.02 Å². The molecule has 0 amide bonds. The number of ether oxygens (including phenoxy) is 1. The summed E-state index contributed by atoms with van der Waals surface area (Å²) in [6.07, 6.45) is 0.658. The van der Waals surface area contributed by atoms with Crippen LogP contribution >= 0.6 is 11.6 Å². The van der Waals surface area contributed by atoms with Crippen LogP contribution in [0, 0.1) is 0 Å². The van der Waals surface area contributed by atoms with E-state index in [1.807, 2.05) is 48.5 Å². The summed E-state index contributed by atoms with van der Waals surface area (Å²) in [4.78, 5) is 0. The summed E-state index contributed by atoms with van der Waals surface area (Å²) in [5.41, 5.74) is 7.81. The molecule has 3 N–H and O–H groups in total. The predicted molar refractivity (Wildman–Crippen MR) is 81.0 cm³/mol. The molecular formula is C16H18ClNO2. The maximum Gasteiger partial charge on any atom is 0.119 e. The van der Waals surface area contributed by atoms with Crippen molar-refractivity contribution in [1.29, 1.82) is 0 Å².